The first-order valence-electron chi connectivity index (χ1n) is 6.76. The minimum atomic E-state index is -2.97. The normalized spacial score (nSPS) is 26.2. The molecule has 1 rings (SSSR count). The van der Waals surface area contributed by atoms with Crippen LogP contribution in [0.3, 0.4) is 0 Å². The van der Waals surface area contributed by atoms with E-state index in [0.29, 0.717) is 5.75 Å². The number of methoxy groups -OCH3 is 1. The first-order valence-corrected chi connectivity index (χ1v) is 8.47. The van der Waals surface area contributed by atoms with E-state index in [4.69, 9.17) is 10.5 Å². The lowest BCUT2D eigenvalue weighted by molar-refractivity contribution is -0.119. The number of rotatable bonds is 6. The molecule has 1 saturated carbocycles. The van der Waals surface area contributed by atoms with Crippen LogP contribution in [-0.2, 0) is 9.53 Å². The molecule has 1 aliphatic carbocycles. The summed E-state index contributed by atoms with van der Waals surface area (Å²) in [4.78, 5) is 11.8. The summed E-state index contributed by atoms with van der Waals surface area (Å²) in [5, 5.41) is 0. The molecule has 0 aliphatic heterocycles. The average molecular weight is 293 g/mol. The lowest BCUT2D eigenvalue weighted by Gasteiger charge is -2.47. The lowest BCUT2D eigenvalue weighted by Crippen LogP contribution is -2.43. The Morgan fingerprint density at radius 3 is 2.26 bits per heavy atom. The zero-order chi connectivity index (χ0) is 14.7. The summed E-state index contributed by atoms with van der Waals surface area (Å²) in [5.41, 5.74) is 5.35. The molecule has 0 atom stereocenters. The molecule has 0 heterocycles. The quantitative estimate of drug-likeness (QED) is 0.698. The number of hydrogen-bond acceptors (Lipinski definition) is 5. The number of nitrogens with two attached hydrogens (primary N) is 1. The molecule has 0 spiro atoms. The Hall–Kier alpha value is -0.140. The van der Waals surface area contributed by atoms with Crippen LogP contribution in [0.4, 0.5) is 0 Å². The highest BCUT2D eigenvalue weighted by Gasteiger charge is 2.41. The minimum Gasteiger partial charge on any atom is -0.381 e. The fourth-order valence-electron chi connectivity index (χ4n) is 2.50. The Labute approximate surface area is 117 Å². The van der Waals surface area contributed by atoms with Crippen molar-refractivity contribution in [1.82, 2.24) is 0 Å². The van der Waals surface area contributed by atoms with E-state index in [2.05, 4.69) is 0 Å². The highest BCUT2D eigenvalue weighted by molar-refractivity contribution is 8.26. The molecule has 1 aliphatic rings. The van der Waals surface area contributed by atoms with Crippen molar-refractivity contribution >= 4 is 16.4 Å². The third-order valence-electron chi connectivity index (χ3n) is 4.27. The van der Waals surface area contributed by atoms with Crippen LogP contribution in [0.15, 0.2) is 0 Å². The summed E-state index contributed by atoms with van der Waals surface area (Å²) < 4.78 is 24.9. The molecule has 0 unspecified atom stereocenters. The first-order chi connectivity index (χ1) is 8.74. The molecule has 0 aromatic carbocycles. The summed E-state index contributed by atoms with van der Waals surface area (Å²) in [7, 11) is -1.26. The van der Waals surface area contributed by atoms with Gasteiger partial charge in [0.1, 0.15) is 4.75 Å². The van der Waals surface area contributed by atoms with Crippen LogP contribution >= 0.6 is 10.6 Å². The van der Waals surface area contributed by atoms with Gasteiger partial charge in [-0.1, -0.05) is 0 Å². The summed E-state index contributed by atoms with van der Waals surface area (Å²) in [6.45, 7) is 3.01. The van der Waals surface area contributed by atoms with Crippen molar-refractivity contribution < 1.29 is 18.6 Å². The molecule has 114 valence electrons. The van der Waals surface area contributed by atoms with E-state index in [1.165, 1.54) is 0 Å². The number of hydrogen-bond donors (Lipinski definition) is 3. The van der Waals surface area contributed by atoms with Gasteiger partial charge in [-0.15, -0.1) is 0 Å². The summed E-state index contributed by atoms with van der Waals surface area (Å²) in [6, 6.07) is 0. The van der Waals surface area contributed by atoms with Gasteiger partial charge in [0.25, 0.3) is 0 Å². The van der Waals surface area contributed by atoms with Crippen molar-refractivity contribution in [3.8, 4) is 0 Å². The van der Waals surface area contributed by atoms with Crippen molar-refractivity contribution in [2.75, 3.05) is 19.4 Å². The smallest absolute Gasteiger partial charge is 0.170 e. The van der Waals surface area contributed by atoms with Crippen LogP contribution in [0.1, 0.15) is 39.5 Å². The number of ether oxygens (including phenoxy) is 1. The molecule has 5 nitrogen and oxygen atoms in total. The monoisotopic (exact) mass is 293 g/mol. The minimum absolute atomic E-state index is 0.153. The van der Waals surface area contributed by atoms with Crippen LogP contribution in [0.5, 0.6) is 0 Å². The predicted molar refractivity (Wildman–Crippen MR) is 78.6 cm³/mol. The Balaban J connectivity index is 2.62. The number of carbonyl (C=O) groups is 1. The van der Waals surface area contributed by atoms with E-state index in [0.717, 1.165) is 25.7 Å². The fraction of sp³-hybridized carbons (Fsp3) is 0.923. The lowest BCUT2D eigenvalue weighted by atomic mass is 9.89. The zero-order valence-electron chi connectivity index (χ0n) is 12.1. The summed E-state index contributed by atoms with van der Waals surface area (Å²) in [5.74, 6) is 0.252. The molecule has 0 bridgehead atoms. The highest BCUT2D eigenvalue weighted by Crippen LogP contribution is 2.55. The van der Waals surface area contributed by atoms with Gasteiger partial charge in [-0.3, -0.25) is 13.9 Å². The topological polar surface area (TPSA) is 92.8 Å². The van der Waals surface area contributed by atoms with Crippen molar-refractivity contribution in [2.45, 2.75) is 50.4 Å². The van der Waals surface area contributed by atoms with Crippen LogP contribution in [-0.4, -0.2) is 45.1 Å². The molecule has 0 aromatic heterocycles. The van der Waals surface area contributed by atoms with Crippen LogP contribution in [0.25, 0.3) is 0 Å². The van der Waals surface area contributed by atoms with Gasteiger partial charge in [-0.25, -0.2) is 0 Å². The molecule has 4 N–H and O–H groups in total. The van der Waals surface area contributed by atoms with E-state index in [1.54, 1.807) is 21.0 Å². The van der Waals surface area contributed by atoms with Crippen LogP contribution in [0.2, 0.25) is 0 Å². The Bertz CT molecular complexity index is 312. The maximum Gasteiger partial charge on any atom is 0.170 e. The SMILES string of the molecule is COC1CCC(CS(O)(O)C(C)(C)C(=O)CN)CC1. The molecule has 0 saturated heterocycles. The van der Waals surface area contributed by atoms with Gasteiger partial charge in [0.2, 0.25) is 0 Å². The van der Waals surface area contributed by atoms with Crippen molar-refractivity contribution in [3.05, 3.63) is 0 Å². The highest BCUT2D eigenvalue weighted by atomic mass is 32.3. The fourth-order valence-corrected chi connectivity index (χ4v) is 4.35. The number of carbonyl (C=O) groups excluding carboxylic acids is 1. The van der Waals surface area contributed by atoms with E-state index in [-0.39, 0.29) is 24.3 Å². The average Bonchev–Trinajstić information content (AvgIpc) is 2.37. The molecule has 19 heavy (non-hydrogen) atoms. The van der Waals surface area contributed by atoms with E-state index < -0.39 is 15.3 Å². The molecule has 1 fully saturated rings. The third-order valence-corrected chi connectivity index (χ3v) is 7.07. The second-order valence-electron chi connectivity index (χ2n) is 5.85. The van der Waals surface area contributed by atoms with Gasteiger partial charge in [0, 0.05) is 12.9 Å². The molecule has 0 aromatic rings. The Morgan fingerprint density at radius 2 is 1.84 bits per heavy atom. The van der Waals surface area contributed by atoms with Gasteiger partial charge >= 0.3 is 0 Å². The molecule has 6 heteroatoms. The van der Waals surface area contributed by atoms with Gasteiger partial charge in [-0.2, -0.15) is 10.6 Å². The van der Waals surface area contributed by atoms with Crippen molar-refractivity contribution in [3.63, 3.8) is 0 Å². The van der Waals surface area contributed by atoms with Crippen molar-refractivity contribution in [1.29, 1.82) is 0 Å². The Morgan fingerprint density at radius 1 is 1.32 bits per heavy atom. The molecule has 0 amide bonds. The van der Waals surface area contributed by atoms with Gasteiger partial charge in [0.15, 0.2) is 5.78 Å². The van der Waals surface area contributed by atoms with E-state index >= 15 is 0 Å². The standard InChI is InChI=1S/C13H27NO4S/c1-13(2,12(15)8-14)19(16,17)9-10-4-6-11(18-3)7-5-10/h10-11,16-17H,4-9,14H2,1-3H3. The largest absolute Gasteiger partial charge is 0.381 e. The summed E-state index contributed by atoms with van der Waals surface area (Å²) in [6.07, 6.45) is 4.02. The van der Waals surface area contributed by atoms with E-state index in [1.807, 2.05) is 0 Å². The predicted octanol–water partition coefficient (Wildman–Crippen LogP) is 2.25. The second-order valence-corrected chi connectivity index (χ2v) is 8.54. The Kier molecular flexibility index (Phi) is 5.82. The third kappa shape index (κ3) is 3.92. The van der Waals surface area contributed by atoms with E-state index in [9.17, 15) is 13.9 Å². The van der Waals surface area contributed by atoms with Crippen molar-refractivity contribution in [2.24, 2.45) is 11.7 Å². The first kappa shape index (κ1) is 16.9. The van der Waals surface area contributed by atoms with Crippen LogP contribution < -0.4 is 5.73 Å². The van der Waals surface area contributed by atoms with Gasteiger partial charge in [0.05, 0.1) is 12.6 Å². The van der Waals surface area contributed by atoms with Crippen LogP contribution in [0, 0.1) is 5.92 Å². The van der Waals surface area contributed by atoms with Gasteiger partial charge < -0.3 is 10.5 Å². The molecular formula is C13H27NO4S. The zero-order valence-corrected chi connectivity index (χ0v) is 12.9. The molecule has 0 radical (unpaired) electrons. The second kappa shape index (κ2) is 6.54. The maximum absolute atomic E-state index is 11.8. The number of Topliss-reactive ketones (excluding diaryl/α,β-unsaturated/α-hetero) is 1. The summed E-state index contributed by atoms with van der Waals surface area (Å²) >= 11 is 0. The van der Waals surface area contributed by atoms with Gasteiger partial charge in [-0.05, 0) is 45.4 Å². The number of ketones is 1. The molecular weight excluding hydrogens is 266 g/mol. The maximum atomic E-state index is 11.8.